The third-order valence-electron chi connectivity index (χ3n) is 6.87. The maximum atomic E-state index is 13.4. The van der Waals surface area contributed by atoms with E-state index in [1.807, 2.05) is 29.2 Å². The molecule has 0 radical (unpaired) electrons. The molecule has 0 saturated carbocycles. The maximum Gasteiger partial charge on any atom is 0.249 e. The van der Waals surface area contributed by atoms with Gasteiger partial charge in [-0.25, -0.2) is 9.97 Å². The molecule has 9 heteroatoms. The Morgan fingerprint density at radius 1 is 1.00 bits per heavy atom. The summed E-state index contributed by atoms with van der Waals surface area (Å²) >= 11 is 6.23. The highest BCUT2D eigenvalue weighted by molar-refractivity contribution is 6.30. The van der Waals surface area contributed by atoms with E-state index in [9.17, 15) is 9.59 Å². The molecule has 2 fully saturated rings. The van der Waals surface area contributed by atoms with Gasteiger partial charge in [-0.3, -0.25) is 14.5 Å². The van der Waals surface area contributed by atoms with Crippen molar-refractivity contribution in [1.82, 2.24) is 19.8 Å². The highest BCUT2D eigenvalue weighted by Crippen LogP contribution is 2.34. The van der Waals surface area contributed by atoms with E-state index in [-0.39, 0.29) is 17.9 Å². The maximum absolute atomic E-state index is 13.4. The Bertz CT molecular complexity index is 1010. The normalized spacial score (nSPS) is 21.2. The second kappa shape index (κ2) is 9.65. The Balaban J connectivity index is 1.17. The minimum Gasteiger partial charge on any atom is -0.338 e. The summed E-state index contributed by atoms with van der Waals surface area (Å²) in [6.07, 6.45) is 6.54. The molecule has 1 atom stereocenters. The number of fused-ring (bicyclic) bond motifs is 2. The Hall–Kier alpha value is -2.71. The fourth-order valence-electron chi connectivity index (χ4n) is 5.08. The summed E-state index contributed by atoms with van der Waals surface area (Å²) < 4.78 is 0. The lowest BCUT2D eigenvalue weighted by Crippen LogP contribution is -2.47. The summed E-state index contributed by atoms with van der Waals surface area (Å²) in [6.45, 7) is 5.94. The van der Waals surface area contributed by atoms with Crippen molar-refractivity contribution >= 4 is 35.1 Å². The standard InChI is InChI=1S/C24H29ClN6O2/c25-19-4-5-20-18(16-19)17-31-21(6-7-22(31)32)23(33)30(20)11-2-1-10-28-12-14-29(15-13-28)24-26-8-3-9-27-24/h3-5,8-9,16,21H,1-2,6-7,10-15,17H2/t21-/m1/s1. The molecule has 1 aromatic carbocycles. The highest BCUT2D eigenvalue weighted by Gasteiger charge is 2.41. The first kappa shape index (κ1) is 22.1. The van der Waals surface area contributed by atoms with Gasteiger partial charge in [0, 0.05) is 68.8 Å². The molecule has 0 aliphatic carbocycles. The zero-order chi connectivity index (χ0) is 22.8. The second-order valence-electron chi connectivity index (χ2n) is 8.92. The van der Waals surface area contributed by atoms with Crippen molar-refractivity contribution in [3.8, 4) is 0 Å². The predicted octanol–water partition coefficient (Wildman–Crippen LogP) is 2.57. The first-order valence-corrected chi connectivity index (χ1v) is 12.1. The zero-order valence-corrected chi connectivity index (χ0v) is 19.5. The average molecular weight is 469 g/mol. The van der Waals surface area contributed by atoms with Crippen LogP contribution in [0.1, 0.15) is 31.2 Å². The fourth-order valence-corrected chi connectivity index (χ4v) is 5.27. The van der Waals surface area contributed by atoms with E-state index < -0.39 is 0 Å². The van der Waals surface area contributed by atoms with Gasteiger partial charge in [0.25, 0.3) is 0 Å². The molecule has 174 valence electrons. The van der Waals surface area contributed by atoms with Crippen LogP contribution in [0.2, 0.25) is 5.02 Å². The van der Waals surface area contributed by atoms with Gasteiger partial charge in [-0.1, -0.05) is 11.6 Å². The molecule has 0 unspecified atom stereocenters. The molecule has 5 rings (SSSR count). The number of amides is 2. The average Bonchev–Trinajstić information content (AvgIpc) is 3.15. The van der Waals surface area contributed by atoms with E-state index in [1.165, 1.54) is 0 Å². The molecule has 0 spiro atoms. The van der Waals surface area contributed by atoms with Crippen molar-refractivity contribution < 1.29 is 9.59 Å². The molecular formula is C24H29ClN6O2. The summed E-state index contributed by atoms with van der Waals surface area (Å²) in [5, 5.41) is 0.631. The minimum absolute atomic E-state index is 0.0402. The number of hydrogen-bond donors (Lipinski definition) is 0. The molecule has 2 aromatic rings. The number of aromatic nitrogens is 2. The van der Waals surface area contributed by atoms with E-state index in [1.54, 1.807) is 17.3 Å². The SMILES string of the molecule is O=C1[C@H]2CCC(=O)N2Cc2cc(Cl)ccc2N1CCCCN1CCN(c2ncccn2)CC1. The van der Waals surface area contributed by atoms with Gasteiger partial charge in [-0.2, -0.15) is 0 Å². The minimum atomic E-state index is -0.350. The fraction of sp³-hybridized carbons (Fsp3) is 0.500. The summed E-state index contributed by atoms with van der Waals surface area (Å²) in [5.74, 6) is 0.898. The zero-order valence-electron chi connectivity index (χ0n) is 18.7. The van der Waals surface area contributed by atoms with Gasteiger partial charge in [0.1, 0.15) is 6.04 Å². The lowest BCUT2D eigenvalue weighted by Gasteiger charge is -2.34. The van der Waals surface area contributed by atoms with Gasteiger partial charge >= 0.3 is 0 Å². The number of rotatable bonds is 6. The first-order chi connectivity index (χ1) is 16.1. The van der Waals surface area contributed by atoms with E-state index in [2.05, 4.69) is 19.8 Å². The lowest BCUT2D eigenvalue weighted by molar-refractivity contribution is -0.134. The summed E-state index contributed by atoms with van der Waals surface area (Å²) in [6, 6.07) is 7.13. The molecule has 4 heterocycles. The van der Waals surface area contributed by atoms with Gasteiger partial charge in [0.05, 0.1) is 0 Å². The van der Waals surface area contributed by atoms with Crippen molar-refractivity contribution in [3.63, 3.8) is 0 Å². The van der Waals surface area contributed by atoms with Crippen molar-refractivity contribution in [1.29, 1.82) is 0 Å². The van der Waals surface area contributed by atoms with Gasteiger partial charge in [0.15, 0.2) is 0 Å². The Labute approximate surface area is 199 Å². The van der Waals surface area contributed by atoms with Crippen LogP contribution in [0, 0.1) is 0 Å². The van der Waals surface area contributed by atoms with Gasteiger partial charge in [-0.05, 0) is 55.6 Å². The molecule has 3 aliphatic heterocycles. The second-order valence-corrected chi connectivity index (χ2v) is 9.36. The number of anilines is 2. The molecule has 1 aromatic heterocycles. The van der Waals surface area contributed by atoms with Gasteiger partial charge in [-0.15, -0.1) is 0 Å². The molecular weight excluding hydrogens is 440 g/mol. The highest BCUT2D eigenvalue weighted by atomic mass is 35.5. The Morgan fingerprint density at radius 2 is 1.76 bits per heavy atom. The third kappa shape index (κ3) is 4.68. The smallest absolute Gasteiger partial charge is 0.249 e. The van der Waals surface area contributed by atoms with Crippen LogP contribution in [0.25, 0.3) is 0 Å². The summed E-state index contributed by atoms with van der Waals surface area (Å²) in [4.78, 5) is 42.7. The summed E-state index contributed by atoms with van der Waals surface area (Å²) in [7, 11) is 0. The number of carbonyl (C=O) groups is 2. The van der Waals surface area contributed by atoms with E-state index >= 15 is 0 Å². The van der Waals surface area contributed by atoms with Crippen LogP contribution < -0.4 is 9.80 Å². The monoisotopic (exact) mass is 468 g/mol. The van der Waals surface area contributed by atoms with E-state index in [0.29, 0.717) is 31.0 Å². The number of hydrogen-bond acceptors (Lipinski definition) is 6. The molecule has 33 heavy (non-hydrogen) atoms. The van der Waals surface area contributed by atoms with Crippen LogP contribution in [0.4, 0.5) is 11.6 Å². The number of nitrogens with zero attached hydrogens (tertiary/aromatic N) is 6. The van der Waals surface area contributed by atoms with Crippen molar-refractivity contribution in [2.45, 2.75) is 38.3 Å². The molecule has 0 bridgehead atoms. The molecule has 8 nitrogen and oxygen atoms in total. The van der Waals surface area contributed by atoms with E-state index in [4.69, 9.17) is 11.6 Å². The van der Waals surface area contributed by atoms with Crippen LogP contribution in [0.3, 0.4) is 0 Å². The van der Waals surface area contributed by atoms with Crippen molar-refractivity contribution in [2.24, 2.45) is 0 Å². The largest absolute Gasteiger partial charge is 0.338 e. The number of unbranched alkanes of at least 4 members (excludes halogenated alkanes) is 1. The molecule has 2 amide bonds. The number of benzene rings is 1. The van der Waals surface area contributed by atoms with Crippen LogP contribution in [0.5, 0.6) is 0 Å². The molecule has 3 aliphatic rings. The number of halogens is 1. The van der Waals surface area contributed by atoms with Gasteiger partial charge in [0.2, 0.25) is 17.8 Å². The van der Waals surface area contributed by atoms with Crippen molar-refractivity contribution in [3.05, 3.63) is 47.2 Å². The Kier molecular flexibility index (Phi) is 6.46. The van der Waals surface area contributed by atoms with Crippen LogP contribution in [0.15, 0.2) is 36.7 Å². The lowest BCUT2D eigenvalue weighted by atomic mass is 10.1. The van der Waals surface area contributed by atoms with Crippen LogP contribution in [-0.4, -0.2) is 76.9 Å². The van der Waals surface area contributed by atoms with E-state index in [0.717, 1.165) is 62.8 Å². The summed E-state index contributed by atoms with van der Waals surface area (Å²) in [5.41, 5.74) is 1.84. The van der Waals surface area contributed by atoms with Crippen LogP contribution >= 0.6 is 11.6 Å². The predicted molar refractivity (Wildman–Crippen MR) is 127 cm³/mol. The van der Waals surface area contributed by atoms with Crippen molar-refractivity contribution in [2.75, 3.05) is 49.1 Å². The number of piperazine rings is 1. The van der Waals surface area contributed by atoms with Crippen LogP contribution in [-0.2, 0) is 16.1 Å². The quantitative estimate of drug-likeness (QED) is 0.607. The molecule has 2 saturated heterocycles. The third-order valence-corrected chi connectivity index (χ3v) is 7.10. The number of carbonyl (C=O) groups excluding carboxylic acids is 2. The topological polar surface area (TPSA) is 72.9 Å². The molecule has 0 N–H and O–H groups in total. The van der Waals surface area contributed by atoms with Gasteiger partial charge < -0.3 is 14.7 Å². The Morgan fingerprint density at radius 3 is 2.55 bits per heavy atom. The first-order valence-electron chi connectivity index (χ1n) is 11.7.